The molecule has 0 spiro atoms. The lowest BCUT2D eigenvalue weighted by atomic mass is 10.1. The van der Waals surface area contributed by atoms with Gasteiger partial charge in [0.1, 0.15) is 5.75 Å². The van der Waals surface area contributed by atoms with Gasteiger partial charge in [0.05, 0.1) is 17.3 Å². The second-order valence-electron chi connectivity index (χ2n) is 4.86. The Morgan fingerprint density at radius 2 is 2.06 bits per heavy atom. The van der Waals surface area contributed by atoms with Crippen LogP contribution < -0.4 is 10.6 Å². The molecule has 1 saturated carbocycles. The van der Waals surface area contributed by atoms with Crippen molar-refractivity contribution in [1.29, 1.82) is 0 Å². The third-order valence-corrected chi connectivity index (χ3v) is 4.57. The summed E-state index contributed by atoms with van der Waals surface area (Å²) in [6, 6.07) is 0.274. The van der Waals surface area contributed by atoms with Crippen LogP contribution >= 0.6 is 0 Å². The molecule has 0 radical (unpaired) electrons. The lowest BCUT2D eigenvalue weighted by Crippen LogP contribution is -2.39. The molecular weight excluding hydrogens is 250 g/mol. The molecule has 0 bridgehead atoms. The molecule has 1 aliphatic heterocycles. The Labute approximate surface area is 110 Å². The molecule has 0 aromatic carbocycles. The summed E-state index contributed by atoms with van der Waals surface area (Å²) < 4.78 is 11.8. The fraction of sp³-hybridized carbons (Fsp3) is 0.833. The van der Waals surface area contributed by atoms with Crippen LogP contribution in [0.4, 0.5) is 0 Å². The molecule has 6 heteroatoms. The SMILES string of the molecule is O=C(CS(=O)C1=NCCN1)NC1CCCCCC1. The van der Waals surface area contributed by atoms with E-state index in [9.17, 15) is 9.00 Å². The molecule has 2 aliphatic rings. The van der Waals surface area contributed by atoms with Gasteiger partial charge < -0.3 is 10.6 Å². The monoisotopic (exact) mass is 271 g/mol. The van der Waals surface area contributed by atoms with Gasteiger partial charge in [0.2, 0.25) is 5.91 Å². The highest BCUT2D eigenvalue weighted by Crippen LogP contribution is 2.17. The van der Waals surface area contributed by atoms with Crippen molar-refractivity contribution in [2.45, 2.75) is 44.6 Å². The minimum absolute atomic E-state index is 0.0301. The molecule has 1 aliphatic carbocycles. The Balaban J connectivity index is 1.75. The fourth-order valence-electron chi connectivity index (χ4n) is 2.41. The number of nitrogens with one attached hydrogen (secondary N) is 2. The smallest absolute Gasteiger partial charge is 0.233 e. The predicted octanol–water partition coefficient (Wildman–Crippen LogP) is 0.533. The Morgan fingerprint density at radius 1 is 1.33 bits per heavy atom. The molecule has 1 heterocycles. The van der Waals surface area contributed by atoms with Crippen LogP contribution in [0.3, 0.4) is 0 Å². The van der Waals surface area contributed by atoms with Gasteiger partial charge >= 0.3 is 0 Å². The summed E-state index contributed by atoms with van der Waals surface area (Å²) in [4.78, 5) is 15.9. The average molecular weight is 271 g/mol. The molecule has 18 heavy (non-hydrogen) atoms. The van der Waals surface area contributed by atoms with Gasteiger partial charge in [0.15, 0.2) is 5.17 Å². The quantitative estimate of drug-likeness (QED) is 0.736. The van der Waals surface area contributed by atoms with Gasteiger partial charge in [-0.3, -0.25) is 14.0 Å². The van der Waals surface area contributed by atoms with Crippen LogP contribution in [0.25, 0.3) is 0 Å². The molecule has 1 fully saturated rings. The second-order valence-corrected chi connectivity index (χ2v) is 6.23. The van der Waals surface area contributed by atoms with Gasteiger partial charge in [-0.25, -0.2) is 0 Å². The van der Waals surface area contributed by atoms with Crippen molar-refractivity contribution in [2.24, 2.45) is 4.99 Å². The lowest BCUT2D eigenvalue weighted by Gasteiger charge is -2.15. The number of rotatable bonds is 3. The molecule has 1 atom stereocenters. The van der Waals surface area contributed by atoms with E-state index in [4.69, 9.17) is 0 Å². The van der Waals surface area contributed by atoms with Crippen LogP contribution in [0.1, 0.15) is 38.5 Å². The summed E-state index contributed by atoms with van der Waals surface area (Å²) in [6.45, 7) is 1.39. The van der Waals surface area contributed by atoms with Gasteiger partial charge in [0, 0.05) is 12.6 Å². The van der Waals surface area contributed by atoms with Crippen LogP contribution in [0.2, 0.25) is 0 Å². The Morgan fingerprint density at radius 3 is 2.67 bits per heavy atom. The van der Waals surface area contributed by atoms with Gasteiger partial charge in [-0.05, 0) is 12.8 Å². The third kappa shape index (κ3) is 4.08. The molecular formula is C12H21N3O2S. The first kappa shape index (κ1) is 13.5. The summed E-state index contributed by atoms with van der Waals surface area (Å²) in [5.74, 6) is -0.0841. The number of carbonyl (C=O) groups excluding carboxylic acids is 1. The zero-order valence-corrected chi connectivity index (χ0v) is 11.4. The predicted molar refractivity (Wildman–Crippen MR) is 72.9 cm³/mol. The third-order valence-electron chi connectivity index (χ3n) is 3.34. The van der Waals surface area contributed by atoms with E-state index in [0.717, 1.165) is 19.4 Å². The van der Waals surface area contributed by atoms with E-state index in [-0.39, 0.29) is 17.7 Å². The zero-order valence-electron chi connectivity index (χ0n) is 10.6. The number of amides is 1. The summed E-state index contributed by atoms with van der Waals surface area (Å²) >= 11 is 0. The van der Waals surface area contributed by atoms with Gasteiger partial charge in [-0.1, -0.05) is 25.7 Å². The number of hydrogen-bond donors (Lipinski definition) is 2. The summed E-state index contributed by atoms with van der Waals surface area (Å²) in [5.41, 5.74) is 0. The van der Waals surface area contributed by atoms with E-state index < -0.39 is 10.8 Å². The maximum absolute atomic E-state index is 11.8. The molecule has 1 amide bonds. The summed E-state index contributed by atoms with van der Waals surface area (Å²) in [6.07, 6.45) is 7.00. The lowest BCUT2D eigenvalue weighted by molar-refractivity contribution is -0.119. The summed E-state index contributed by atoms with van der Waals surface area (Å²) in [7, 11) is -1.31. The molecule has 2 N–H and O–H groups in total. The Hall–Kier alpha value is -0.910. The number of amidine groups is 1. The van der Waals surface area contributed by atoms with E-state index in [2.05, 4.69) is 15.6 Å². The largest absolute Gasteiger partial charge is 0.361 e. The minimum atomic E-state index is -1.31. The first-order valence-corrected chi connectivity index (χ1v) is 8.03. The normalized spacial score (nSPS) is 22.8. The minimum Gasteiger partial charge on any atom is -0.361 e. The molecule has 102 valence electrons. The zero-order chi connectivity index (χ0) is 12.8. The first-order chi connectivity index (χ1) is 8.75. The maximum atomic E-state index is 11.8. The molecule has 0 aromatic rings. The molecule has 2 rings (SSSR count). The van der Waals surface area contributed by atoms with Crippen LogP contribution in [0.15, 0.2) is 4.99 Å². The highest BCUT2D eigenvalue weighted by Gasteiger charge is 2.19. The van der Waals surface area contributed by atoms with Crippen molar-refractivity contribution in [3.8, 4) is 0 Å². The number of carbonyl (C=O) groups is 1. The summed E-state index contributed by atoms with van der Waals surface area (Å²) in [5, 5.41) is 6.42. The Kier molecular flexibility index (Phi) is 5.16. The standard InChI is InChI=1S/C12H21N3O2S/c16-11(9-18(17)12-13-7-8-14-12)15-10-5-3-1-2-4-6-10/h10H,1-9H2,(H,13,14)(H,15,16). The molecule has 0 saturated heterocycles. The number of hydrogen-bond acceptors (Lipinski definition) is 4. The molecule has 1 unspecified atom stereocenters. The van der Waals surface area contributed by atoms with Crippen molar-refractivity contribution in [3.63, 3.8) is 0 Å². The average Bonchev–Trinajstić information content (AvgIpc) is 2.76. The van der Waals surface area contributed by atoms with Crippen molar-refractivity contribution < 1.29 is 9.00 Å². The fourth-order valence-corrected chi connectivity index (χ4v) is 3.37. The van der Waals surface area contributed by atoms with Crippen LogP contribution in [-0.2, 0) is 15.6 Å². The van der Waals surface area contributed by atoms with Gasteiger partial charge in [-0.15, -0.1) is 0 Å². The van der Waals surface area contributed by atoms with Gasteiger partial charge in [-0.2, -0.15) is 0 Å². The van der Waals surface area contributed by atoms with E-state index in [1.807, 2.05) is 0 Å². The Bertz CT molecular complexity index is 349. The van der Waals surface area contributed by atoms with Crippen molar-refractivity contribution >= 4 is 21.9 Å². The van der Waals surface area contributed by atoms with Crippen molar-refractivity contribution in [1.82, 2.24) is 10.6 Å². The van der Waals surface area contributed by atoms with E-state index in [0.29, 0.717) is 11.7 Å². The van der Waals surface area contributed by atoms with E-state index >= 15 is 0 Å². The maximum Gasteiger partial charge on any atom is 0.233 e. The van der Waals surface area contributed by atoms with Crippen LogP contribution in [0, 0.1) is 0 Å². The number of nitrogens with zero attached hydrogens (tertiary/aromatic N) is 1. The highest BCUT2D eigenvalue weighted by atomic mass is 32.2. The number of aliphatic imine (C=N–C) groups is 1. The van der Waals surface area contributed by atoms with Crippen LogP contribution in [-0.4, -0.2) is 40.2 Å². The van der Waals surface area contributed by atoms with E-state index in [1.54, 1.807) is 0 Å². The first-order valence-electron chi connectivity index (χ1n) is 6.72. The van der Waals surface area contributed by atoms with Crippen molar-refractivity contribution in [2.75, 3.05) is 18.8 Å². The van der Waals surface area contributed by atoms with E-state index in [1.165, 1.54) is 25.7 Å². The van der Waals surface area contributed by atoms with Gasteiger partial charge in [0.25, 0.3) is 0 Å². The second kappa shape index (κ2) is 6.87. The highest BCUT2D eigenvalue weighted by molar-refractivity contribution is 8.01. The molecule has 5 nitrogen and oxygen atoms in total. The van der Waals surface area contributed by atoms with Crippen LogP contribution in [0.5, 0.6) is 0 Å². The molecule has 0 aromatic heterocycles. The van der Waals surface area contributed by atoms with Crippen molar-refractivity contribution in [3.05, 3.63) is 0 Å². The topological polar surface area (TPSA) is 70.6 Å².